The molecule has 0 spiro atoms. The summed E-state index contributed by atoms with van der Waals surface area (Å²) in [6.45, 7) is 5.88. The number of nitrogens with two attached hydrogens (primary N) is 1. The van der Waals surface area contributed by atoms with Gasteiger partial charge in [-0.2, -0.15) is 0 Å². The second-order valence-electron chi connectivity index (χ2n) is 3.95. The van der Waals surface area contributed by atoms with Crippen LogP contribution < -0.4 is 10.5 Å². The zero-order valence-corrected chi connectivity index (χ0v) is 9.39. The lowest BCUT2D eigenvalue weighted by atomic mass is 10.2. The minimum Gasteiger partial charge on any atom is -0.486 e. The summed E-state index contributed by atoms with van der Waals surface area (Å²) in [7, 11) is 0. The molecule has 1 aromatic heterocycles. The van der Waals surface area contributed by atoms with Crippen molar-refractivity contribution >= 4 is 17.2 Å². The van der Waals surface area contributed by atoms with E-state index in [2.05, 4.69) is 4.98 Å². The third-order valence-corrected chi connectivity index (χ3v) is 1.69. The third-order valence-electron chi connectivity index (χ3n) is 1.47. The van der Waals surface area contributed by atoms with Gasteiger partial charge < -0.3 is 10.5 Å². The van der Waals surface area contributed by atoms with E-state index in [0.29, 0.717) is 10.7 Å². The molecule has 4 heteroatoms. The summed E-state index contributed by atoms with van der Waals surface area (Å²) < 4.78 is 5.66. The normalized spacial score (nSPS) is 11.1. The first-order chi connectivity index (χ1) is 6.40. The van der Waals surface area contributed by atoms with E-state index in [1.807, 2.05) is 20.8 Å². The number of hydrogen-bond acceptors (Lipinski definition) is 3. The maximum Gasteiger partial charge on any atom is 0.148 e. The van der Waals surface area contributed by atoms with Crippen LogP contribution in [0.2, 0.25) is 0 Å². The Labute approximate surface area is 89.3 Å². The molecule has 0 atom stereocenters. The van der Waals surface area contributed by atoms with Crippen molar-refractivity contribution in [3.05, 3.63) is 24.0 Å². The number of hydrogen-bond donors (Lipinski definition) is 1. The number of thiocarbonyl (C=S) groups is 1. The lowest BCUT2D eigenvalue weighted by molar-refractivity contribution is 0.130. The Morgan fingerprint density at radius 1 is 1.50 bits per heavy atom. The molecule has 0 aliphatic carbocycles. The fraction of sp³-hybridized carbons (Fsp3) is 0.400. The first-order valence-corrected chi connectivity index (χ1v) is 4.74. The van der Waals surface area contributed by atoms with Crippen molar-refractivity contribution in [2.75, 3.05) is 0 Å². The van der Waals surface area contributed by atoms with E-state index in [1.165, 1.54) is 0 Å². The monoisotopic (exact) mass is 210 g/mol. The molecule has 0 fully saturated rings. The number of rotatable bonds is 2. The van der Waals surface area contributed by atoms with Crippen LogP contribution in [0.1, 0.15) is 26.3 Å². The average molecular weight is 210 g/mol. The molecule has 0 unspecified atom stereocenters. The molecule has 14 heavy (non-hydrogen) atoms. The van der Waals surface area contributed by atoms with Crippen molar-refractivity contribution in [1.82, 2.24) is 4.98 Å². The molecule has 3 nitrogen and oxygen atoms in total. The molecule has 0 saturated carbocycles. The van der Waals surface area contributed by atoms with Crippen molar-refractivity contribution < 1.29 is 4.74 Å². The number of pyridine rings is 1. The third kappa shape index (κ3) is 2.96. The molecule has 0 bridgehead atoms. The van der Waals surface area contributed by atoms with Crippen LogP contribution in [-0.2, 0) is 0 Å². The quantitative estimate of drug-likeness (QED) is 0.757. The SMILES string of the molecule is CC(C)(C)Oc1cnccc1C(N)=S. The topological polar surface area (TPSA) is 48.1 Å². The van der Waals surface area contributed by atoms with Gasteiger partial charge in [-0.1, -0.05) is 12.2 Å². The summed E-state index contributed by atoms with van der Waals surface area (Å²) in [5, 5.41) is 0. The van der Waals surface area contributed by atoms with Crippen molar-refractivity contribution in [1.29, 1.82) is 0 Å². The maximum atomic E-state index is 5.66. The predicted octanol–water partition coefficient (Wildman–Crippen LogP) is 1.89. The average Bonchev–Trinajstić information content (AvgIpc) is 2.01. The second kappa shape index (κ2) is 3.92. The molecule has 2 N–H and O–H groups in total. The summed E-state index contributed by atoms with van der Waals surface area (Å²) in [6.07, 6.45) is 3.27. The minimum absolute atomic E-state index is 0.275. The van der Waals surface area contributed by atoms with Gasteiger partial charge in [0.15, 0.2) is 0 Å². The fourth-order valence-corrected chi connectivity index (χ4v) is 1.16. The maximum absolute atomic E-state index is 5.66. The summed E-state index contributed by atoms with van der Waals surface area (Å²) >= 11 is 4.91. The summed E-state index contributed by atoms with van der Waals surface area (Å²) in [5.41, 5.74) is 6.01. The van der Waals surface area contributed by atoms with Gasteiger partial charge in [0, 0.05) is 6.20 Å². The zero-order valence-electron chi connectivity index (χ0n) is 8.57. The van der Waals surface area contributed by atoms with Crippen LogP contribution in [-0.4, -0.2) is 15.6 Å². The molecule has 0 radical (unpaired) electrons. The smallest absolute Gasteiger partial charge is 0.148 e. The highest BCUT2D eigenvalue weighted by Crippen LogP contribution is 2.21. The number of nitrogens with zero attached hydrogens (tertiary/aromatic N) is 1. The van der Waals surface area contributed by atoms with E-state index in [0.717, 1.165) is 5.56 Å². The van der Waals surface area contributed by atoms with Crippen LogP contribution >= 0.6 is 12.2 Å². The van der Waals surface area contributed by atoms with Crippen LogP contribution in [0.5, 0.6) is 5.75 Å². The number of ether oxygens (including phenoxy) is 1. The number of aromatic nitrogens is 1. The van der Waals surface area contributed by atoms with Gasteiger partial charge in [-0.05, 0) is 26.8 Å². The van der Waals surface area contributed by atoms with Gasteiger partial charge in [-0.25, -0.2) is 0 Å². The standard InChI is InChI=1S/C10H14N2OS/c1-10(2,3)13-8-6-12-5-4-7(8)9(11)14/h4-6H,1-3H3,(H2,11,14). The van der Waals surface area contributed by atoms with Crippen molar-refractivity contribution in [3.63, 3.8) is 0 Å². The van der Waals surface area contributed by atoms with Crippen molar-refractivity contribution in [3.8, 4) is 5.75 Å². The molecular weight excluding hydrogens is 196 g/mol. The van der Waals surface area contributed by atoms with Crippen LogP contribution in [0.3, 0.4) is 0 Å². The van der Waals surface area contributed by atoms with Gasteiger partial charge in [-0.3, -0.25) is 4.98 Å². The Bertz CT molecular complexity index is 344. The molecule has 0 aliphatic rings. The summed E-state index contributed by atoms with van der Waals surface area (Å²) in [5.74, 6) is 0.632. The Hall–Kier alpha value is -1.16. The van der Waals surface area contributed by atoms with Gasteiger partial charge in [0.1, 0.15) is 16.3 Å². The van der Waals surface area contributed by atoms with E-state index in [4.69, 9.17) is 22.7 Å². The predicted molar refractivity (Wildman–Crippen MR) is 60.5 cm³/mol. The first kappa shape index (κ1) is 10.9. The lowest BCUT2D eigenvalue weighted by Crippen LogP contribution is -2.25. The van der Waals surface area contributed by atoms with E-state index < -0.39 is 0 Å². The van der Waals surface area contributed by atoms with Gasteiger partial charge >= 0.3 is 0 Å². The Balaban J connectivity index is 3.02. The van der Waals surface area contributed by atoms with E-state index in [1.54, 1.807) is 18.5 Å². The molecule has 0 amide bonds. The molecule has 0 saturated heterocycles. The van der Waals surface area contributed by atoms with E-state index in [9.17, 15) is 0 Å². The van der Waals surface area contributed by atoms with Crippen LogP contribution in [0.15, 0.2) is 18.5 Å². The zero-order chi connectivity index (χ0) is 10.8. The largest absolute Gasteiger partial charge is 0.486 e. The molecule has 0 aliphatic heterocycles. The first-order valence-electron chi connectivity index (χ1n) is 4.33. The highest BCUT2D eigenvalue weighted by molar-refractivity contribution is 7.80. The summed E-state index contributed by atoms with van der Waals surface area (Å²) in [6, 6.07) is 1.75. The molecule has 1 heterocycles. The fourth-order valence-electron chi connectivity index (χ4n) is 0.995. The van der Waals surface area contributed by atoms with Gasteiger partial charge in [0.2, 0.25) is 0 Å². The van der Waals surface area contributed by atoms with E-state index >= 15 is 0 Å². The Morgan fingerprint density at radius 3 is 2.64 bits per heavy atom. The molecule has 1 rings (SSSR count). The van der Waals surface area contributed by atoms with Gasteiger partial charge in [-0.15, -0.1) is 0 Å². The Kier molecular flexibility index (Phi) is 3.06. The van der Waals surface area contributed by atoms with Crippen molar-refractivity contribution in [2.24, 2.45) is 5.73 Å². The molecule has 1 aromatic rings. The van der Waals surface area contributed by atoms with Crippen LogP contribution in [0, 0.1) is 0 Å². The highest BCUT2D eigenvalue weighted by atomic mass is 32.1. The highest BCUT2D eigenvalue weighted by Gasteiger charge is 2.15. The van der Waals surface area contributed by atoms with Gasteiger partial charge in [0.25, 0.3) is 0 Å². The lowest BCUT2D eigenvalue weighted by Gasteiger charge is -2.22. The summed E-state index contributed by atoms with van der Waals surface area (Å²) in [4.78, 5) is 4.30. The van der Waals surface area contributed by atoms with Crippen LogP contribution in [0.25, 0.3) is 0 Å². The molecule has 0 aromatic carbocycles. The second-order valence-corrected chi connectivity index (χ2v) is 4.39. The molecule has 76 valence electrons. The van der Waals surface area contributed by atoms with Crippen molar-refractivity contribution in [2.45, 2.75) is 26.4 Å². The minimum atomic E-state index is -0.275. The van der Waals surface area contributed by atoms with Crippen LogP contribution in [0.4, 0.5) is 0 Å². The molecular formula is C10H14N2OS. The van der Waals surface area contributed by atoms with E-state index in [-0.39, 0.29) is 5.60 Å². The van der Waals surface area contributed by atoms with Gasteiger partial charge in [0.05, 0.1) is 11.8 Å². The Morgan fingerprint density at radius 2 is 2.14 bits per heavy atom.